The van der Waals surface area contributed by atoms with Crippen molar-refractivity contribution < 1.29 is 5.11 Å². The van der Waals surface area contributed by atoms with Crippen LogP contribution in [0.3, 0.4) is 0 Å². The molecule has 7 nitrogen and oxygen atoms in total. The smallest absolute Gasteiger partial charge is 0.260 e. The molecule has 0 amide bonds. The summed E-state index contributed by atoms with van der Waals surface area (Å²) in [6, 6.07) is 12.7. The van der Waals surface area contributed by atoms with Gasteiger partial charge in [-0.25, -0.2) is 5.01 Å². The molecule has 1 aromatic carbocycles. The average Bonchev–Trinajstić information content (AvgIpc) is 2.98. The van der Waals surface area contributed by atoms with Crippen molar-refractivity contribution in [2.45, 2.75) is 0 Å². The fourth-order valence-electron chi connectivity index (χ4n) is 2.69. The molecule has 25 heavy (non-hydrogen) atoms. The van der Waals surface area contributed by atoms with E-state index < -0.39 is 5.56 Å². The fraction of sp³-hybridized carbons (Fsp3) is 0. The molecule has 1 aliphatic rings. The summed E-state index contributed by atoms with van der Waals surface area (Å²) < 4.78 is 0. The Bertz CT molecular complexity index is 1140. The third kappa shape index (κ3) is 2.47. The van der Waals surface area contributed by atoms with Crippen LogP contribution in [0.5, 0.6) is 5.88 Å². The average molecular weight is 331 g/mol. The van der Waals surface area contributed by atoms with Gasteiger partial charge in [0.25, 0.3) is 5.56 Å². The molecule has 4 rings (SSSR count). The van der Waals surface area contributed by atoms with Crippen molar-refractivity contribution in [3.05, 3.63) is 86.9 Å². The molecule has 122 valence electrons. The fourth-order valence-corrected chi connectivity index (χ4v) is 2.69. The number of hydrogen-bond acceptors (Lipinski definition) is 5. The van der Waals surface area contributed by atoms with E-state index in [1.807, 2.05) is 18.2 Å². The SMILES string of the molecule is N=C1c2c(O)[nH]c(=O)c(=Cc3cccnc3)c2=NN1c1ccccc1. The van der Waals surface area contributed by atoms with Crippen molar-refractivity contribution in [3.63, 3.8) is 0 Å². The molecule has 0 saturated carbocycles. The first-order valence-electron chi connectivity index (χ1n) is 7.55. The Kier molecular flexibility index (Phi) is 3.39. The van der Waals surface area contributed by atoms with Crippen LogP contribution in [0.2, 0.25) is 0 Å². The summed E-state index contributed by atoms with van der Waals surface area (Å²) in [5.41, 5.74) is 1.11. The topological polar surface area (TPSA) is 105 Å². The van der Waals surface area contributed by atoms with Crippen LogP contribution in [0.4, 0.5) is 5.69 Å². The van der Waals surface area contributed by atoms with E-state index >= 15 is 0 Å². The molecule has 3 aromatic rings. The molecule has 3 N–H and O–H groups in total. The maximum atomic E-state index is 12.3. The minimum Gasteiger partial charge on any atom is -0.494 e. The molecule has 0 spiro atoms. The van der Waals surface area contributed by atoms with Crippen LogP contribution in [0, 0.1) is 5.41 Å². The van der Waals surface area contributed by atoms with Gasteiger partial charge in [-0.1, -0.05) is 24.3 Å². The number of para-hydroxylation sites is 1. The zero-order chi connectivity index (χ0) is 17.4. The van der Waals surface area contributed by atoms with Crippen LogP contribution in [0.1, 0.15) is 11.1 Å². The van der Waals surface area contributed by atoms with Crippen LogP contribution in [0.25, 0.3) is 6.08 Å². The van der Waals surface area contributed by atoms with E-state index in [0.29, 0.717) is 5.69 Å². The third-order valence-electron chi connectivity index (χ3n) is 3.85. The van der Waals surface area contributed by atoms with Gasteiger partial charge in [0.2, 0.25) is 5.88 Å². The van der Waals surface area contributed by atoms with Crippen molar-refractivity contribution in [1.29, 1.82) is 5.41 Å². The monoisotopic (exact) mass is 331 g/mol. The number of fused-ring (bicyclic) bond motifs is 1. The number of nitrogens with zero attached hydrogens (tertiary/aromatic N) is 3. The van der Waals surface area contributed by atoms with Gasteiger partial charge < -0.3 is 5.11 Å². The third-order valence-corrected chi connectivity index (χ3v) is 3.85. The molecule has 0 fully saturated rings. The van der Waals surface area contributed by atoms with E-state index in [0.717, 1.165) is 5.56 Å². The van der Waals surface area contributed by atoms with Gasteiger partial charge in [0.05, 0.1) is 10.9 Å². The molecular weight excluding hydrogens is 318 g/mol. The van der Waals surface area contributed by atoms with Gasteiger partial charge in [0, 0.05) is 12.4 Å². The summed E-state index contributed by atoms with van der Waals surface area (Å²) in [4.78, 5) is 18.7. The Hall–Kier alpha value is -3.74. The zero-order valence-corrected chi connectivity index (χ0v) is 13.0. The Morgan fingerprint density at radius 1 is 1.16 bits per heavy atom. The number of rotatable bonds is 2. The maximum Gasteiger partial charge on any atom is 0.260 e. The standard InChI is InChI=1S/C18H13N5O2/c19-16-14-15(22-23(16)12-6-2-1-3-7-12)13(17(24)21-18(14)25)9-11-5-4-8-20-10-11/h1-10,19,25H,(H,21,24). The highest BCUT2D eigenvalue weighted by molar-refractivity contribution is 6.10. The number of H-pyrrole nitrogens is 1. The number of aromatic amines is 1. The van der Waals surface area contributed by atoms with Gasteiger partial charge in [0.1, 0.15) is 10.9 Å². The summed E-state index contributed by atoms with van der Waals surface area (Å²) in [7, 11) is 0. The largest absolute Gasteiger partial charge is 0.494 e. The van der Waals surface area contributed by atoms with E-state index in [-0.39, 0.29) is 27.9 Å². The number of aromatic hydroxyl groups is 1. The maximum absolute atomic E-state index is 12.3. The molecule has 0 saturated heterocycles. The number of benzene rings is 1. The van der Waals surface area contributed by atoms with E-state index in [4.69, 9.17) is 5.41 Å². The molecule has 2 aromatic heterocycles. The molecule has 3 heterocycles. The van der Waals surface area contributed by atoms with Crippen LogP contribution < -0.4 is 21.1 Å². The molecular formula is C18H13N5O2. The van der Waals surface area contributed by atoms with Crippen molar-refractivity contribution in [3.8, 4) is 5.88 Å². The van der Waals surface area contributed by atoms with Gasteiger partial charge in [-0.2, -0.15) is 5.10 Å². The van der Waals surface area contributed by atoms with Gasteiger partial charge in [-0.05, 0) is 29.8 Å². The zero-order valence-electron chi connectivity index (χ0n) is 13.0. The summed E-state index contributed by atoms with van der Waals surface area (Å²) in [5.74, 6) is -0.369. The Balaban J connectivity index is 2.00. The van der Waals surface area contributed by atoms with Crippen molar-refractivity contribution in [2.75, 3.05) is 5.01 Å². The Morgan fingerprint density at radius 3 is 2.68 bits per heavy atom. The molecule has 0 bridgehead atoms. The number of aromatic nitrogens is 2. The Morgan fingerprint density at radius 2 is 1.96 bits per heavy atom. The van der Waals surface area contributed by atoms with Crippen LogP contribution in [0.15, 0.2) is 64.8 Å². The first-order chi connectivity index (χ1) is 12.1. The molecule has 0 atom stereocenters. The van der Waals surface area contributed by atoms with Crippen molar-refractivity contribution in [1.82, 2.24) is 9.97 Å². The lowest BCUT2D eigenvalue weighted by molar-refractivity contribution is 0.449. The number of pyridine rings is 2. The second kappa shape index (κ2) is 5.72. The molecule has 0 aliphatic carbocycles. The second-order valence-electron chi connectivity index (χ2n) is 5.47. The predicted molar refractivity (Wildman–Crippen MR) is 93.1 cm³/mol. The van der Waals surface area contributed by atoms with Crippen molar-refractivity contribution >= 4 is 17.6 Å². The highest BCUT2D eigenvalue weighted by Gasteiger charge is 2.26. The summed E-state index contributed by atoms with van der Waals surface area (Å²) in [6.45, 7) is 0. The highest BCUT2D eigenvalue weighted by Crippen LogP contribution is 2.21. The van der Waals surface area contributed by atoms with E-state index in [2.05, 4.69) is 15.1 Å². The summed E-state index contributed by atoms with van der Waals surface area (Å²) in [5, 5.41) is 24.8. The van der Waals surface area contributed by atoms with Crippen molar-refractivity contribution in [2.24, 2.45) is 5.10 Å². The van der Waals surface area contributed by atoms with E-state index in [1.165, 1.54) is 5.01 Å². The molecule has 0 unspecified atom stereocenters. The lowest BCUT2D eigenvalue weighted by Crippen LogP contribution is -2.42. The normalized spacial score (nSPS) is 13.7. The van der Waals surface area contributed by atoms with Crippen LogP contribution >= 0.6 is 0 Å². The van der Waals surface area contributed by atoms with Gasteiger partial charge in [-0.3, -0.25) is 20.2 Å². The summed E-state index contributed by atoms with van der Waals surface area (Å²) >= 11 is 0. The lowest BCUT2D eigenvalue weighted by Gasteiger charge is -2.13. The van der Waals surface area contributed by atoms with Gasteiger partial charge in [-0.15, -0.1) is 0 Å². The molecule has 7 heteroatoms. The van der Waals surface area contributed by atoms with E-state index in [1.54, 1.807) is 42.7 Å². The molecule has 0 radical (unpaired) electrons. The lowest BCUT2D eigenvalue weighted by atomic mass is 10.1. The number of hydrogen-bond donors (Lipinski definition) is 3. The number of anilines is 1. The Labute approximate surface area is 141 Å². The highest BCUT2D eigenvalue weighted by atomic mass is 16.3. The van der Waals surface area contributed by atoms with Crippen LogP contribution in [-0.4, -0.2) is 20.9 Å². The summed E-state index contributed by atoms with van der Waals surface area (Å²) in [6.07, 6.45) is 4.89. The van der Waals surface area contributed by atoms with E-state index in [9.17, 15) is 9.90 Å². The van der Waals surface area contributed by atoms with Gasteiger partial charge >= 0.3 is 0 Å². The van der Waals surface area contributed by atoms with Crippen LogP contribution in [-0.2, 0) is 0 Å². The molecule has 1 aliphatic heterocycles. The number of amidine groups is 1. The van der Waals surface area contributed by atoms with Gasteiger partial charge in [0.15, 0.2) is 5.84 Å². The quantitative estimate of drug-likeness (QED) is 0.642. The predicted octanol–water partition coefficient (Wildman–Crippen LogP) is 0.684. The first kappa shape index (κ1) is 14.8. The minimum absolute atomic E-state index is 0.00390. The first-order valence-corrected chi connectivity index (χ1v) is 7.55. The minimum atomic E-state index is -0.480. The second-order valence-corrected chi connectivity index (χ2v) is 5.47. The number of nitrogens with one attached hydrogen (secondary N) is 2.